The van der Waals surface area contributed by atoms with Gasteiger partial charge in [-0.25, -0.2) is 4.79 Å². The predicted octanol–water partition coefficient (Wildman–Crippen LogP) is 0.0772. The molecule has 0 saturated heterocycles. The summed E-state index contributed by atoms with van der Waals surface area (Å²) >= 11 is 1.24. The first kappa shape index (κ1) is 17.5. The van der Waals surface area contributed by atoms with Gasteiger partial charge in [-0.1, -0.05) is 0 Å². The van der Waals surface area contributed by atoms with Gasteiger partial charge in [0.2, 0.25) is 5.91 Å². The molecule has 0 aliphatic heterocycles. The molecule has 1 saturated carbocycles. The van der Waals surface area contributed by atoms with Gasteiger partial charge in [0, 0.05) is 30.8 Å². The first-order valence-corrected chi connectivity index (χ1v) is 7.70. The van der Waals surface area contributed by atoms with Crippen LogP contribution in [0, 0.1) is 11.8 Å². The summed E-state index contributed by atoms with van der Waals surface area (Å²) in [5.74, 6) is -2.33. The second-order valence-electron chi connectivity index (χ2n) is 4.87. The third-order valence-corrected chi connectivity index (χ3v) is 4.53. The van der Waals surface area contributed by atoms with Gasteiger partial charge in [0.1, 0.15) is 11.8 Å². The number of aliphatic carboxylic acids is 1. The molecule has 0 radical (unpaired) electrons. The number of nitrogens with one attached hydrogen (secondary N) is 1. The molecule has 0 spiro atoms. The van der Waals surface area contributed by atoms with Crippen LogP contribution in [0.4, 0.5) is 0 Å². The molecule has 7 nitrogen and oxygen atoms in total. The van der Waals surface area contributed by atoms with Crippen LogP contribution in [0.3, 0.4) is 0 Å². The maximum absolute atomic E-state index is 11.8. The Labute approximate surface area is 126 Å². The second kappa shape index (κ2) is 8.02. The lowest BCUT2D eigenvalue weighted by molar-refractivity contribution is -0.147. The molecule has 1 rings (SSSR count). The molecule has 0 aromatic heterocycles. The molecule has 118 valence electrons. The standard InChI is InChI=1S/C13H19NO6S/c1-7(15)14-10(12(17)18)6-21-5-9-8(13(19)20-2)3-4-11(9)16/h8-10H,3-6H2,1-2H3,(H,14,15)(H,17,18)/t8-,9+,10?/m1/s1. The highest BCUT2D eigenvalue weighted by molar-refractivity contribution is 7.99. The fraction of sp³-hybridized carbons (Fsp3) is 0.692. The number of methoxy groups -OCH3 is 1. The Kier molecular flexibility index (Phi) is 6.67. The quantitative estimate of drug-likeness (QED) is 0.640. The molecule has 0 aromatic carbocycles. The van der Waals surface area contributed by atoms with Gasteiger partial charge in [-0.05, 0) is 6.42 Å². The number of ketones is 1. The second-order valence-corrected chi connectivity index (χ2v) is 5.94. The predicted molar refractivity (Wildman–Crippen MR) is 75.8 cm³/mol. The molecule has 8 heteroatoms. The van der Waals surface area contributed by atoms with Gasteiger partial charge in [-0.2, -0.15) is 11.8 Å². The summed E-state index contributed by atoms with van der Waals surface area (Å²) < 4.78 is 4.68. The minimum Gasteiger partial charge on any atom is -0.480 e. The Bertz CT molecular complexity index is 438. The van der Waals surface area contributed by atoms with Crippen molar-refractivity contribution < 1.29 is 29.0 Å². The van der Waals surface area contributed by atoms with Crippen LogP contribution in [0.1, 0.15) is 19.8 Å². The third kappa shape index (κ3) is 5.04. The van der Waals surface area contributed by atoms with Crippen molar-refractivity contribution in [1.82, 2.24) is 5.32 Å². The number of carboxylic acid groups (broad SMARTS) is 1. The molecule has 0 bridgehead atoms. The number of rotatable bonds is 7. The fourth-order valence-corrected chi connectivity index (χ4v) is 3.55. The van der Waals surface area contributed by atoms with Crippen molar-refractivity contribution >= 4 is 35.4 Å². The number of thioether (sulfide) groups is 1. The van der Waals surface area contributed by atoms with Gasteiger partial charge in [-0.3, -0.25) is 14.4 Å². The zero-order valence-corrected chi connectivity index (χ0v) is 12.8. The summed E-state index contributed by atoms with van der Waals surface area (Å²) in [4.78, 5) is 45.3. The van der Waals surface area contributed by atoms with Crippen LogP contribution in [0.15, 0.2) is 0 Å². The van der Waals surface area contributed by atoms with Crippen LogP contribution in [0.2, 0.25) is 0 Å². The van der Waals surface area contributed by atoms with Crippen molar-refractivity contribution in [2.24, 2.45) is 11.8 Å². The lowest BCUT2D eigenvalue weighted by Gasteiger charge is -2.17. The molecule has 1 aliphatic rings. The average molecular weight is 317 g/mol. The van der Waals surface area contributed by atoms with E-state index in [1.165, 1.54) is 25.8 Å². The van der Waals surface area contributed by atoms with E-state index in [4.69, 9.17) is 5.11 Å². The number of esters is 1. The number of ether oxygens (including phenoxy) is 1. The molecule has 2 N–H and O–H groups in total. The molecular weight excluding hydrogens is 298 g/mol. The number of carbonyl (C=O) groups excluding carboxylic acids is 3. The summed E-state index contributed by atoms with van der Waals surface area (Å²) in [6.07, 6.45) is 0.823. The number of hydrogen-bond acceptors (Lipinski definition) is 6. The Balaban J connectivity index is 2.52. The normalized spacial score (nSPS) is 22.7. The van der Waals surface area contributed by atoms with Gasteiger partial charge >= 0.3 is 11.9 Å². The lowest BCUT2D eigenvalue weighted by atomic mass is 9.98. The summed E-state index contributed by atoms with van der Waals surface area (Å²) in [5, 5.41) is 11.3. The molecule has 1 unspecified atom stereocenters. The highest BCUT2D eigenvalue weighted by Gasteiger charge is 2.39. The Morgan fingerprint density at radius 1 is 1.48 bits per heavy atom. The number of hydrogen-bond donors (Lipinski definition) is 2. The average Bonchev–Trinajstić information content (AvgIpc) is 2.77. The van der Waals surface area contributed by atoms with E-state index in [-0.39, 0.29) is 11.5 Å². The van der Waals surface area contributed by atoms with Gasteiger partial charge in [0.15, 0.2) is 0 Å². The highest BCUT2D eigenvalue weighted by Crippen LogP contribution is 2.32. The summed E-state index contributed by atoms with van der Waals surface area (Å²) in [7, 11) is 1.28. The lowest BCUT2D eigenvalue weighted by Crippen LogP contribution is -2.41. The topological polar surface area (TPSA) is 110 Å². The van der Waals surface area contributed by atoms with Crippen LogP contribution in [-0.2, 0) is 23.9 Å². The molecule has 3 atom stereocenters. The van der Waals surface area contributed by atoms with E-state index < -0.39 is 35.7 Å². The van der Waals surface area contributed by atoms with Gasteiger partial charge in [0.05, 0.1) is 13.0 Å². The van der Waals surface area contributed by atoms with E-state index >= 15 is 0 Å². The summed E-state index contributed by atoms with van der Waals surface area (Å²) in [6, 6.07) is -0.999. The van der Waals surface area contributed by atoms with E-state index in [0.717, 1.165) is 0 Å². The van der Waals surface area contributed by atoms with Crippen molar-refractivity contribution in [1.29, 1.82) is 0 Å². The maximum Gasteiger partial charge on any atom is 0.327 e. The smallest absolute Gasteiger partial charge is 0.327 e. The van der Waals surface area contributed by atoms with Gasteiger partial charge in [-0.15, -0.1) is 0 Å². The summed E-state index contributed by atoms with van der Waals surface area (Å²) in [5.41, 5.74) is 0. The maximum atomic E-state index is 11.8. The van der Waals surface area contributed by atoms with Crippen LogP contribution in [0.5, 0.6) is 0 Å². The first-order chi connectivity index (χ1) is 9.86. The van der Waals surface area contributed by atoms with Crippen molar-refractivity contribution in [2.45, 2.75) is 25.8 Å². The number of carbonyl (C=O) groups is 4. The molecule has 1 amide bonds. The molecule has 1 fully saturated rings. The van der Waals surface area contributed by atoms with Crippen molar-refractivity contribution in [2.75, 3.05) is 18.6 Å². The van der Waals surface area contributed by atoms with Crippen molar-refractivity contribution in [3.05, 3.63) is 0 Å². The van der Waals surface area contributed by atoms with Crippen molar-refractivity contribution in [3.63, 3.8) is 0 Å². The van der Waals surface area contributed by atoms with E-state index in [1.807, 2.05) is 0 Å². The zero-order valence-electron chi connectivity index (χ0n) is 12.0. The monoisotopic (exact) mass is 317 g/mol. The minimum atomic E-state index is -1.13. The van der Waals surface area contributed by atoms with E-state index in [0.29, 0.717) is 18.6 Å². The Morgan fingerprint density at radius 3 is 2.67 bits per heavy atom. The van der Waals surface area contributed by atoms with Crippen molar-refractivity contribution in [3.8, 4) is 0 Å². The van der Waals surface area contributed by atoms with Crippen LogP contribution in [0.25, 0.3) is 0 Å². The molecule has 0 aromatic rings. The molecule has 0 heterocycles. The van der Waals surface area contributed by atoms with E-state index in [2.05, 4.69) is 10.1 Å². The largest absolute Gasteiger partial charge is 0.480 e. The Hall–Kier alpha value is -1.57. The number of carboxylic acids is 1. The number of amides is 1. The fourth-order valence-electron chi connectivity index (χ4n) is 2.28. The van der Waals surface area contributed by atoms with Crippen LogP contribution in [-0.4, -0.2) is 53.4 Å². The summed E-state index contributed by atoms with van der Waals surface area (Å²) in [6.45, 7) is 1.24. The minimum absolute atomic E-state index is 0.00398. The van der Waals surface area contributed by atoms with E-state index in [9.17, 15) is 19.2 Å². The number of Topliss-reactive ketones (excluding diaryl/α,β-unsaturated/α-hetero) is 1. The first-order valence-electron chi connectivity index (χ1n) is 6.55. The van der Waals surface area contributed by atoms with E-state index in [1.54, 1.807) is 0 Å². The molecule has 21 heavy (non-hydrogen) atoms. The van der Waals surface area contributed by atoms with Crippen LogP contribution < -0.4 is 5.32 Å². The van der Waals surface area contributed by atoms with Gasteiger partial charge < -0.3 is 15.2 Å². The van der Waals surface area contributed by atoms with Crippen LogP contribution >= 0.6 is 11.8 Å². The highest BCUT2D eigenvalue weighted by atomic mass is 32.2. The molecular formula is C13H19NO6S. The zero-order chi connectivity index (χ0) is 16.0. The van der Waals surface area contributed by atoms with Gasteiger partial charge in [0.25, 0.3) is 0 Å². The Morgan fingerprint density at radius 2 is 2.14 bits per heavy atom. The SMILES string of the molecule is COC(=O)[C@@H]1CCC(=O)[C@H]1CSCC(NC(C)=O)C(=O)O. The molecule has 1 aliphatic carbocycles. The third-order valence-electron chi connectivity index (χ3n) is 3.36.